The molecule has 5 heteroatoms. The summed E-state index contributed by atoms with van der Waals surface area (Å²) in [6.45, 7) is 2.43. The Morgan fingerprint density at radius 2 is 2.47 bits per heavy atom. The molecule has 1 aliphatic carbocycles. The largest absolute Gasteiger partial charge is 0.350 e. The van der Waals surface area contributed by atoms with Gasteiger partial charge in [0, 0.05) is 17.8 Å². The number of H-pyrrole nitrogens is 1. The van der Waals surface area contributed by atoms with Crippen molar-refractivity contribution in [2.45, 2.75) is 38.3 Å². The van der Waals surface area contributed by atoms with Crippen molar-refractivity contribution in [1.82, 2.24) is 15.5 Å². The molecule has 4 N–H and O–H groups in total. The Labute approximate surface area is 88.4 Å². The lowest BCUT2D eigenvalue weighted by atomic mass is 9.77. The van der Waals surface area contributed by atoms with Crippen molar-refractivity contribution in [2.24, 2.45) is 5.73 Å². The number of aromatic nitrogens is 2. The van der Waals surface area contributed by atoms with E-state index in [1.54, 1.807) is 6.20 Å². The highest BCUT2D eigenvalue weighted by Crippen LogP contribution is 2.29. The Morgan fingerprint density at radius 1 is 1.73 bits per heavy atom. The zero-order valence-electron chi connectivity index (χ0n) is 8.84. The van der Waals surface area contributed by atoms with Crippen molar-refractivity contribution < 1.29 is 4.79 Å². The summed E-state index contributed by atoms with van der Waals surface area (Å²) in [5.41, 5.74) is 7.26. The van der Waals surface area contributed by atoms with Gasteiger partial charge in [0.2, 0.25) is 5.91 Å². The van der Waals surface area contributed by atoms with E-state index in [9.17, 15) is 4.79 Å². The van der Waals surface area contributed by atoms with Crippen LogP contribution in [-0.4, -0.2) is 21.6 Å². The minimum Gasteiger partial charge on any atom is -0.350 e. The van der Waals surface area contributed by atoms with Crippen LogP contribution in [-0.2, 0) is 11.3 Å². The van der Waals surface area contributed by atoms with Gasteiger partial charge in [-0.2, -0.15) is 5.10 Å². The Kier molecular flexibility index (Phi) is 2.48. The van der Waals surface area contributed by atoms with Crippen molar-refractivity contribution in [3.05, 3.63) is 17.5 Å². The molecule has 1 saturated carbocycles. The third-order valence-corrected chi connectivity index (χ3v) is 3.07. The second-order valence-corrected chi connectivity index (χ2v) is 4.21. The lowest BCUT2D eigenvalue weighted by molar-refractivity contribution is -0.129. The van der Waals surface area contributed by atoms with Gasteiger partial charge in [-0.3, -0.25) is 9.89 Å². The Morgan fingerprint density at radius 3 is 2.93 bits per heavy atom. The number of nitrogens with zero attached hydrogens (tertiary/aromatic N) is 1. The van der Waals surface area contributed by atoms with Crippen LogP contribution in [0.3, 0.4) is 0 Å². The van der Waals surface area contributed by atoms with Crippen LogP contribution in [0, 0.1) is 6.92 Å². The summed E-state index contributed by atoms with van der Waals surface area (Å²) in [7, 11) is 0. The number of aromatic amines is 1. The molecule has 1 amide bonds. The molecule has 1 aliphatic rings. The predicted octanol–water partition coefficient (Wildman–Crippen LogP) is 0.216. The van der Waals surface area contributed by atoms with Crippen LogP contribution in [0.4, 0.5) is 0 Å². The van der Waals surface area contributed by atoms with Crippen molar-refractivity contribution >= 4 is 5.91 Å². The molecule has 0 radical (unpaired) electrons. The normalized spacial score (nSPS) is 18.3. The molecule has 2 rings (SSSR count). The van der Waals surface area contributed by atoms with Gasteiger partial charge < -0.3 is 11.1 Å². The van der Waals surface area contributed by atoms with Gasteiger partial charge >= 0.3 is 0 Å². The molecule has 1 aromatic rings. The number of nitrogens with one attached hydrogen (secondary N) is 2. The van der Waals surface area contributed by atoms with Crippen LogP contribution >= 0.6 is 0 Å². The molecule has 0 unspecified atom stereocenters. The average molecular weight is 208 g/mol. The van der Waals surface area contributed by atoms with Gasteiger partial charge in [0.25, 0.3) is 0 Å². The summed E-state index contributed by atoms with van der Waals surface area (Å²) in [4.78, 5) is 11.7. The lowest BCUT2D eigenvalue weighted by Crippen LogP contribution is -2.58. The van der Waals surface area contributed by atoms with E-state index in [0.717, 1.165) is 30.5 Å². The van der Waals surface area contributed by atoms with Crippen molar-refractivity contribution in [3.8, 4) is 0 Å². The molecular weight excluding hydrogens is 192 g/mol. The predicted molar refractivity (Wildman–Crippen MR) is 55.9 cm³/mol. The molecule has 82 valence electrons. The van der Waals surface area contributed by atoms with Crippen LogP contribution in [0.1, 0.15) is 30.5 Å². The highest BCUT2D eigenvalue weighted by molar-refractivity contribution is 5.86. The van der Waals surface area contributed by atoms with Crippen LogP contribution in [0.15, 0.2) is 6.20 Å². The van der Waals surface area contributed by atoms with Crippen LogP contribution in [0.2, 0.25) is 0 Å². The van der Waals surface area contributed by atoms with E-state index >= 15 is 0 Å². The van der Waals surface area contributed by atoms with Gasteiger partial charge in [0.15, 0.2) is 0 Å². The monoisotopic (exact) mass is 208 g/mol. The molecule has 0 aliphatic heterocycles. The van der Waals surface area contributed by atoms with Crippen LogP contribution in [0.25, 0.3) is 0 Å². The van der Waals surface area contributed by atoms with E-state index in [1.165, 1.54) is 0 Å². The number of hydrogen-bond acceptors (Lipinski definition) is 3. The van der Waals surface area contributed by atoms with Gasteiger partial charge in [-0.1, -0.05) is 0 Å². The van der Waals surface area contributed by atoms with E-state index < -0.39 is 5.54 Å². The fraction of sp³-hybridized carbons (Fsp3) is 0.600. The van der Waals surface area contributed by atoms with Crippen molar-refractivity contribution in [2.75, 3.05) is 0 Å². The maximum absolute atomic E-state index is 11.7. The zero-order valence-corrected chi connectivity index (χ0v) is 8.84. The molecule has 0 atom stereocenters. The van der Waals surface area contributed by atoms with Gasteiger partial charge in [0.1, 0.15) is 0 Å². The molecule has 1 heterocycles. The number of hydrogen-bond donors (Lipinski definition) is 3. The van der Waals surface area contributed by atoms with E-state index in [1.807, 2.05) is 6.92 Å². The average Bonchev–Trinajstić information content (AvgIpc) is 2.56. The zero-order chi connectivity index (χ0) is 10.9. The molecule has 0 bridgehead atoms. The van der Waals surface area contributed by atoms with E-state index in [0.29, 0.717) is 6.54 Å². The first-order chi connectivity index (χ1) is 7.12. The SMILES string of the molecule is Cc1[nH]ncc1CNC(=O)C1(N)CCC1. The Balaban J connectivity index is 1.88. The first-order valence-electron chi connectivity index (χ1n) is 5.18. The number of amides is 1. The number of carbonyl (C=O) groups is 1. The summed E-state index contributed by atoms with van der Waals surface area (Å²) >= 11 is 0. The molecule has 1 aromatic heterocycles. The summed E-state index contributed by atoms with van der Waals surface area (Å²) in [6.07, 6.45) is 4.36. The van der Waals surface area contributed by atoms with Crippen LogP contribution < -0.4 is 11.1 Å². The number of aryl methyl sites for hydroxylation is 1. The van der Waals surface area contributed by atoms with Crippen LogP contribution in [0.5, 0.6) is 0 Å². The van der Waals surface area contributed by atoms with Gasteiger partial charge in [-0.25, -0.2) is 0 Å². The van der Waals surface area contributed by atoms with Crippen molar-refractivity contribution in [3.63, 3.8) is 0 Å². The molecule has 5 nitrogen and oxygen atoms in total. The number of rotatable bonds is 3. The fourth-order valence-corrected chi connectivity index (χ4v) is 1.69. The first kappa shape index (κ1) is 10.2. The molecule has 1 fully saturated rings. The molecular formula is C10H16N4O. The molecule has 0 aromatic carbocycles. The second-order valence-electron chi connectivity index (χ2n) is 4.21. The Hall–Kier alpha value is -1.36. The van der Waals surface area contributed by atoms with E-state index in [-0.39, 0.29) is 5.91 Å². The van der Waals surface area contributed by atoms with Gasteiger partial charge in [0.05, 0.1) is 11.7 Å². The smallest absolute Gasteiger partial charge is 0.240 e. The minimum atomic E-state index is -0.613. The molecule has 0 saturated heterocycles. The molecule has 0 spiro atoms. The molecule has 15 heavy (non-hydrogen) atoms. The maximum Gasteiger partial charge on any atom is 0.240 e. The number of carbonyl (C=O) groups excluding carboxylic acids is 1. The summed E-state index contributed by atoms with van der Waals surface area (Å²) in [5, 5.41) is 9.56. The quantitative estimate of drug-likeness (QED) is 0.664. The highest BCUT2D eigenvalue weighted by Gasteiger charge is 2.39. The topological polar surface area (TPSA) is 83.8 Å². The Bertz CT molecular complexity index is 367. The van der Waals surface area contributed by atoms with E-state index in [4.69, 9.17) is 5.73 Å². The third-order valence-electron chi connectivity index (χ3n) is 3.07. The first-order valence-corrected chi connectivity index (χ1v) is 5.18. The second kappa shape index (κ2) is 3.66. The fourth-order valence-electron chi connectivity index (χ4n) is 1.69. The highest BCUT2D eigenvalue weighted by atomic mass is 16.2. The summed E-state index contributed by atoms with van der Waals surface area (Å²) < 4.78 is 0. The standard InChI is InChI=1S/C10H16N4O/c1-7-8(6-13-14-7)5-12-9(15)10(11)3-2-4-10/h6H,2-5,11H2,1H3,(H,12,15)(H,13,14). The summed E-state index contributed by atoms with van der Waals surface area (Å²) in [5.74, 6) is -0.0469. The lowest BCUT2D eigenvalue weighted by Gasteiger charge is -2.36. The van der Waals surface area contributed by atoms with Gasteiger partial charge in [-0.15, -0.1) is 0 Å². The third kappa shape index (κ3) is 1.87. The van der Waals surface area contributed by atoms with Gasteiger partial charge in [-0.05, 0) is 26.2 Å². The maximum atomic E-state index is 11.7. The van der Waals surface area contributed by atoms with Crippen molar-refractivity contribution in [1.29, 1.82) is 0 Å². The summed E-state index contributed by atoms with van der Waals surface area (Å²) in [6, 6.07) is 0. The minimum absolute atomic E-state index is 0.0469. The van der Waals surface area contributed by atoms with E-state index in [2.05, 4.69) is 15.5 Å². The number of nitrogens with two attached hydrogens (primary N) is 1.